The van der Waals surface area contributed by atoms with Gasteiger partial charge in [-0.3, -0.25) is 9.59 Å². The zero-order valence-corrected chi connectivity index (χ0v) is 14.0. The number of nitrogens with one attached hydrogen (secondary N) is 1. The molecule has 1 rings (SSSR count). The number of hydrogen-bond donors (Lipinski definition) is 1. The van der Waals surface area contributed by atoms with Crippen LogP contribution in [-0.4, -0.2) is 36.4 Å². The van der Waals surface area contributed by atoms with Crippen molar-refractivity contribution in [1.82, 2.24) is 5.32 Å². The molecule has 0 saturated carbocycles. The van der Waals surface area contributed by atoms with Gasteiger partial charge in [-0.15, -0.1) is 11.6 Å². The molecule has 1 atom stereocenters. The van der Waals surface area contributed by atoms with Gasteiger partial charge in [-0.1, -0.05) is 18.1 Å². The summed E-state index contributed by atoms with van der Waals surface area (Å²) < 4.78 is 0. The minimum atomic E-state index is -0.957. The summed E-state index contributed by atoms with van der Waals surface area (Å²) in [5.41, 5.74) is 1.17. The van der Waals surface area contributed by atoms with E-state index in [2.05, 4.69) is 15.3 Å². The maximum absolute atomic E-state index is 12.4. The Labute approximate surface area is 135 Å². The highest BCUT2D eigenvalue weighted by molar-refractivity contribution is 6.29. The van der Waals surface area contributed by atoms with Crippen molar-refractivity contribution in [3.05, 3.63) is 34.9 Å². The lowest BCUT2D eigenvalue weighted by Gasteiger charge is -2.27. The summed E-state index contributed by atoms with van der Waals surface area (Å²) in [5.74, 6) is -0.627. The van der Waals surface area contributed by atoms with Crippen LogP contribution in [0, 0.1) is 6.92 Å². The van der Waals surface area contributed by atoms with E-state index in [0.717, 1.165) is 11.1 Å². The molecule has 1 aromatic carbocycles. The Hall–Kier alpha value is -1.88. The molecular formula is C16H21ClN2O3. The van der Waals surface area contributed by atoms with Crippen LogP contribution in [0.5, 0.6) is 0 Å². The molecule has 6 heteroatoms. The molecule has 120 valence electrons. The smallest absolute Gasteiger partial charge is 0.252 e. The maximum atomic E-state index is 12.4. The van der Waals surface area contributed by atoms with Gasteiger partial charge in [0, 0.05) is 5.56 Å². The lowest BCUT2D eigenvalue weighted by molar-refractivity contribution is -0.122. The number of Topliss-reactive ketones (excluding diaryl/α,β-unsaturated/α-hetero) is 1. The number of alkyl halides is 1. The average molecular weight is 325 g/mol. The summed E-state index contributed by atoms with van der Waals surface area (Å²) in [5, 5.41) is 6.46. The van der Waals surface area contributed by atoms with Crippen LogP contribution in [0.1, 0.15) is 41.8 Å². The monoisotopic (exact) mass is 324 g/mol. The molecule has 22 heavy (non-hydrogen) atoms. The van der Waals surface area contributed by atoms with Crippen molar-refractivity contribution in [3.8, 4) is 0 Å². The highest BCUT2D eigenvalue weighted by Gasteiger charge is 2.32. The molecule has 1 amide bonds. The van der Waals surface area contributed by atoms with Gasteiger partial charge in [0.2, 0.25) is 0 Å². The fourth-order valence-corrected chi connectivity index (χ4v) is 2.25. The molecule has 0 radical (unpaired) electrons. The SMILES string of the molecule is CCC(C)(NC(=O)c1ccc(C=NOC)cc1C)C(=O)CCl. The number of halogens is 1. The minimum absolute atomic E-state index is 0.129. The van der Waals surface area contributed by atoms with Crippen molar-refractivity contribution in [1.29, 1.82) is 0 Å². The molecule has 1 unspecified atom stereocenters. The number of hydrogen-bond acceptors (Lipinski definition) is 4. The first-order valence-corrected chi connectivity index (χ1v) is 7.50. The molecular weight excluding hydrogens is 304 g/mol. The molecule has 0 saturated heterocycles. The molecule has 0 fully saturated rings. The van der Waals surface area contributed by atoms with Crippen LogP contribution < -0.4 is 5.32 Å². The zero-order valence-electron chi connectivity index (χ0n) is 13.3. The van der Waals surface area contributed by atoms with E-state index >= 15 is 0 Å². The minimum Gasteiger partial charge on any atom is -0.399 e. The summed E-state index contributed by atoms with van der Waals surface area (Å²) in [7, 11) is 1.46. The van der Waals surface area contributed by atoms with Crippen molar-refractivity contribution < 1.29 is 14.4 Å². The van der Waals surface area contributed by atoms with E-state index in [4.69, 9.17) is 11.6 Å². The Bertz CT molecular complexity index is 587. The average Bonchev–Trinajstić information content (AvgIpc) is 2.51. The van der Waals surface area contributed by atoms with Gasteiger partial charge in [-0.25, -0.2) is 0 Å². The number of nitrogens with zero attached hydrogens (tertiary/aromatic N) is 1. The summed E-state index contributed by atoms with van der Waals surface area (Å²) in [4.78, 5) is 29.0. The second-order valence-corrected chi connectivity index (χ2v) is 5.46. The van der Waals surface area contributed by atoms with E-state index in [1.54, 1.807) is 25.3 Å². The van der Waals surface area contributed by atoms with Crippen molar-refractivity contribution in [2.75, 3.05) is 13.0 Å². The van der Waals surface area contributed by atoms with Gasteiger partial charge in [0.05, 0.1) is 17.6 Å². The number of carbonyl (C=O) groups is 2. The standard InChI is InChI=1S/C16H21ClN2O3/c1-5-16(3,14(20)9-17)19-15(21)13-7-6-12(8-11(13)2)10-18-22-4/h6-8,10H,5,9H2,1-4H3,(H,19,21). The van der Waals surface area contributed by atoms with Gasteiger partial charge in [0.25, 0.3) is 5.91 Å². The quantitative estimate of drug-likeness (QED) is 0.476. The first-order chi connectivity index (χ1) is 10.4. The van der Waals surface area contributed by atoms with Crippen molar-refractivity contribution in [3.63, 3.8) is 0 Å². The third-order valence-electron chi connectivity index (χ3n) is 3.64. The molecule has 0 aliphatic carbocycles. The van der Waals surface area contributed by atoms with Crippen LogP contribution in [0.15, 0.2) is 23.4 Å². The lowest BCUT2D eigenvalue weighted by atomic mass is 9.93. The Morgan fingerprint density at radius 1 is 1.45 bits per heavy atom. The second-order valence-electron chi connectivity index (χ2n) is 5.19. The first kappa shape index (κ1) is 18.2. The summed E-state index contributed by atoms with van der Waals surface area (Å²) in [6.07, 6.45) is 2.03. The Balaban J connectivity index is 2.98. The van der Waals surface area contributed by atoms with Crippen LogP contribution in [-0.2, 0) is 9.63 Å². The third-order valence-corrected chi connectivity index (χ3v) is 3.88. The fraction of sp³-hybridized carbons (Fsp3) is 0.438. The van der Waals surface area contributed by atoms with Crippen LogP contribution in [0.3, 0.4) is 0 Å². The number of benzene rings is 1. The van der Waals surface area contributed by atoms with Gasteiger partial charge in [-0.05, 0) is 43.5 Å². The molecule has 0 spiro atoms. The molecule has 1 N–H and O–H groups in total. The Morgan fingerprint density at radius 2 is 2.14 bits per heavy atom. The highest BCUT2D eigenvalue weighted by Crippen LogP contribution is 2.16. The molecule has 5 nitrogen and oxygen atoms in total. The first-order valence-electron chi connectivity index (χ1n) is 6.97. The van der Waals surface area contributed by atoms with Crippen molar-refractivity contribution in [2.45, 2.75) is 32.7 Å². The predicted octanol–water partition coefficient (Wildman–Crippen LogP) is 2.68. The van der Waals surface area contributed by atoms with Crippen LogP contribution >= 0.6 is 11.6 Å². The fourth-order valence-electron chi connectivity index (χ4n) is 1.96. The summed E-state index contributed by atoms with van der Waals surface area (Å²) in [6, 6.07) is 5.28. The topological polar surface area (TPSA) is 67.8 Å². The largest absolute Gasteiger partial charge is 0.399 e. The van der Waals surface area contributed by atoms with Gasteiger partial charge in [-0.2, -0.15) is 0 Å². The second kappa shape index (κ2) is 7.94. The van der Waals surface area contributed by atoms with E-state index < -0.39 is 5.54 Å². The van der Waals surface area contributed by atoms with E-state index in [-0.39, 0.29) is 17.6 Å². The maximum Gasteiger partial charge on any atom is 0.252 e. The predicted molar refractivity (Wildman–Crippen MR) is 87.7 cm³/mol. The van der Waals surface area contributed by atoms with E-state index in [9.17, 15) is 9.59 Å². The molecule has 0 aliphatic heterocycles. The number of rotatable bonds is 7. The normalized spacial score (nSPS) is 13.7. The molecule has 1 aromatic rings. The summed E-state index contributed by atoms with van der Waals surface area (Å²) >= 11 is 5.62. The number of oxime groups is 1. The van der Waals surface area contributed by atoms with Crippen LogP contribution in [0.25, 0.3) is 0 Å². The summed E-state index contributed by atoms with van der Waals surface area (Å²) in [6.45, 7) is 5.35. The molecule has 0 aliphatic rings. The number of aryl methyl sites for hydroxylation is 1. The van der Waals surface area contributed by atoms with Crippen molar-refractivity contribution in [2.24, 2.45) is 5.16 Å². The third kappa shape index (κ3) is 4.31. The van der Waals surface area contributed by atoms with Gasteiger partial charge in [0.1, 0.15) is 7.11 Å². The molecule has 0 aromatic heterocycles. The van der Waals surface area contributed by atoms with E-state index in [0.29, 0.717) is 12.0 Å². The van der Waals surface area contributed by atoms with Crippen LogP contribution in [0.2, 0.25) is 0 Å². The lowest BCUT2D eigenvalue weighted by Crippen LogP contribution is -2.52. The molecule has 0 heterocycles. The number of carbonyl (C=O) groups excluding carboxylic acids is 2. The van der Waals surface area contributed by atoms with E-state index in [1.807, 2.05) is 19.9 Å². The Morgan fingerprint density at radius 3 is 2.64 bits per heavy atom. The molecule has 0 bridgehead atoms. The number of amides is 1. The van der Waals surface area contributed by atoms with E-state index in [1.165, 1.54) is 7.11 Å². The Kier molecular flexibility index (Phi) is 6.56. The van der Waals surface area contributed by atoms with Gasteiger partial charge >= 0.3 is 0 Å². The van der Waals surface area contributed by atoms with Gasteiger partial charge in [0.15, 0.2) is 5.78 Å². The van der Waals surface area contributed by atoms with Crippen molar-refractivity contribution >= 4 is 29.5 Å². The number of ketones is 1. The van der Waals surface area contributed by atoms with Gasteiger partial charge < -0.3 is 10.2 Å². The highest BCUT2D eigenvalue weighted by atomic mass is 35.5. The van der Waals surface area contributed by atoms with Crippen LogP contribution in [0.4, 0.5) is 0 Å². The zero-order chi connectivity index (χ0) is 16.8.